The van der Waals surface area contributed by atoms with Gasteiger partial charge in [0, 0.05) is 0 Å². The summed E-state index contributed by atoms with van der Waals surface area (Å²) >= 11 is 0. The Balaban J connectivity index is 1.92. The van der Waals surface area contributed by atoms with Crippen LogP contribution in [0.3, 0.4) is 0 Å². The van der Waals surface area contributed by atoms with Crippen LogP contribution in [0.15, 0.2) is 30.3 Å². The van der Waals surface area contributed by atoms with E-state index < -0.39 is 24.0 Å². The van der Waals surface area contributed by atoms with Gasteiger partial charge < -0.3 is 19.0 Å². The van der Waals surface area contributed by atoms with Gasteiger partial charge in [0.1, 0.15) is 18.8 Å². The topological polar surface area (TPSA) is 61.8 Å². The molecule has 1 aliphatic rings. The Morgan fingerprint density at radius 2 is 2.00 bits per heavy atom. The maximum absolute atomic E-state index is 11.8. The van der Waals surface area contributed by atoms with Crippen molar-refractivity contribution in [3.8, 4) is 0 Å². The van der Waals surface area contributed by atoms with Crippen LogP contribution in [0.5, 0.6) is 0 Å². The third-order valence-corrected chi connectivity index (χ3v) is 2.74. The summed E-state index contributed by atoms with van der Waals surface area (Å²) in [6.07, 6.45) is -0.616. The lowest BCUT2D eigenvalue weighted by molar-refractivity contribution is -0.152. The molecular formula is C14H16O5. The van der Waals surface area contributed by atoms with Crippen LogP contribution in [0.2, 0.25) is 0 Å². The molecule has 0 N–H and O–H groups in total. The quantitative estimate of drug-likeness (QED) is 0.610. The molecule has 2 rings (SSSR count). The second-order valence-corrected chi connectivity index (χ2v) is 4.74. The maximum atomic E-state index is 11.8. The molecule has 0 saturated carbocycles. The van der Waals surface area contributed by atoms with Crippen molar-refractivity contribution in [2.24, 2.45) is 0 Å². The Morgan fingerprint density at radius 1 is 1.32 bits per heavy atom. The number of hydrogen-bond acceptors (Lipinski definition) is 5. The summed E-state index contributed by atoms with van der Waals surface area (Å²) in [6, 6.07) is 8.65. The minimum absolute atomic E-state index is 0.0133. The fraction of sp³-hybridized carbons (Fsp3) is 0.429. The Hall–Kier alpha value is -1.72. The molecule has 0 amide bonds. The summed E-state index contributed by atoms with van der Waals surface area (Å²) in [6.45, 7) is 3.41. The van der Waals surface area contributed by atoms with Crippen LogP contribution >= 0.6 is 0 Å². The van der Waals surface area contributed by atoms with E-state index in [1.165, 1.54) is 0 Å². The second-order valence-electron chi connectivity index (χ2n) is 4.74. The molecule has 5 heteroatoms. The number of benzene rings is 1. The van der Waals surface area contributed by atoms with Gasteiger partial charge >= 0.3 is 5.97 Å². The summed E-state index contributed by atoms with van der Waals surface area (Å²) in [4.78, 5) is 22.6. The van der Waals surface area contributed by atoms with E-state index in [0.717, 1.165) is 0 Å². The van der Waals surface area contributed by atoms with Crippen molar-refractivity contribution in [2.75, 3.05) is 6.61 Å². The van der Waals surface area contributed by atoms with E-state index in [-0.39, 0.29) is 6.61 Å². The zero-order valence-electron chi connectivity index (χ0n) is 10.9. The van der Waals surface area contributed by atoms with Crippen LogP contribution in [0.4, 0.5) is 0 Å². The molecule has 19 heavy (non-hydrogen) atoms. The fourth-order valence-electron chi connectivity index (χ4n) is 1.92. The van der Waals surface area contributed by atoms with Gasteiger partial charge in [-0.2, -0.15) is 0 Å². The first-order valence-corrected chi connectivity index (χ1v) is 6.05. The molecule has 1 saturated heterocycles. The average Bonchev–Trinajstić information content (AvgIpc) is 2.71. The number of ether oxygens (including phenoxy) is 3. The van der Waals surface area contributed by atoms with Crippen molar-refractivity contribution in [3.05, 3.63) is 35.9 Å². The summed E-state index contributed by atoms with van der Waals surface area (Å²) in [7, 11) is 0. The molecule has 1 fully saturated rings. The largest absolute Gasteiger partial charge is 0.459 e. The predicted octanol–water partition coefficient (Wildman–Crippen LogP) is 1.56. The van der Waals surface area contributed by atoms with Gasteiger partial charge in [0.15, 0.2) is 12.1 Å². The molecule has 0 bridgehead atoms. The molecule has 1 aromatic rings. The van der Waals surface area contributed by atoms with Crippen LogP contribution in [-0.2, 0) is 19.0 Å². The molecule has 1 aromatic carbocycles. The lowest BCUT2D eigenvalue weighted by Crippen LogP contribution is -2.30. The van der Waals surface area contributed by atoms with E-state index in [1.807, 2.05) is 6.07 Å². The zero-order chi connectivity index (χ0) is 13.9. The molecule has 1 heterocycles. The minimum atomic E-state index is -0.838. The first-order chi connectivity index (χ1) is 9.02. The fourth-order valence-corrected chi connectivity index (χ4v) is 1.92. The molecule has 0 aliphatic carbocycles. The average molecular weight is 264 g/mol. The van der Waals surface area contributed by atoms with Gasteiger partial charge in [-0.05, 0) is 26.0 Å². The van der Waals surface area contributed by atoms with E-state index in [1.54, 1.807) is 38.1 Å². The molecular weight excluding hydrogens is 248 g/mol. The highest BCUT2D eigenvalue weighted by Crippen LogP contribution is 2.27. The Kier molecular flexibility index (Phi) is 3.97. The van der Waals surface area contributed by atoms with Crippen LogP contribution in [0.25, 0.3) is 0 Å². The van der Waals surface area contributed by atoms with E-state index in [9.17, 15) is 9.59 Å². The predicted molar refractivity (Wildman–Crippen MR) is 66.6 cm³/mol. The van der Waals surface area contributed by atoms with Gasteiger partial charge in [0.2, 0.25) is 0 Å². The van der Waals surface area contributed by atoms with Gasteiger partial charge in [-0.1, -0.05) is 18.2 Å². The van der Waals surface area contributed by atoms with Gasteiger partial charge in [0.25, 0.3) is 0 Å². The monoisotopic (exact) mass is 264 g/mol. The SMILES string of the molecule is CC1(C)OC(C=O)C(COC(=O)c2ccccc2)O1. The van der Waals surface area contributed by atoms with Crippen molar-refractivity contribution in [1.29, 1.82) is 0 Å². The molecule has 2 unspecified atom stereocenters. The number of esters is 1. The highest BCUT2D eigenvalue weighted by atomic mass is 16.8. The number of hydrogen-bond donors (Lipinski definition) is 0. The molecule has 0 spiro atoms. The highest BCUT2D eigenvalue weighted by Gasteiger charge is 2.41. The third kappa shape index (κ3) is 3.39. The van der Waals surface area contributed by atoms with E-state index in [0.29, 0.717) is 11.8 Å². The molecule has 0 aromatic heterocycles. The Morgan fingerprint density at radius 3 is 2.63 bits per heavy atom. The lowest BCUT2D eigenvalue weighted by atomic mass is 10.2. The number of rotatable bonds is 4. The molecule has 0 radical (unpaired) electrons. The van der Waals surface area contributed by atoms with Crippen molar-refractivity contribution in [1.82, 2.24) is 0 Å². The van der Waals surface area contributed by atoms with Crippen molar-refractivity contribution < 1.29 is 23.8 Å². The Labute approximate surface area is 111 Å². The van der Waals surface area contributed by atoms with Gasteiger partial charge in [-0.25, -0.2) is 4.79 Å². The molecule has 5 nitrogen and oxygen atoms in total. The lowest BCUT2D eigenvalue weighted by Gasteiger charge is -2.16. The van der Waals surface area contributed by atoms with Crippen LogP contribution in [-0.4, -0.2) is 36.9 Å². The standard InChI is InChI=1S/C14H16O5/c1-14(2)18-11(8-15)12(19-14)9-17-13(16)10-6-4-3-5-7-10/h3-8,11-12H,9H2,1-2H3. The number of carbonyl (C=O) groups excluding carboxylic acids is 2. The third-order valence-electron chi connectivity index (χ3n) is 2.74. The highest BCUT2D eigenvalue weighted by molar-refractivity contribution is 5.89. The van der Waals surface area contributed by atoms with Crippen LogP contribution < -0.4 is 0 Å². The van der Waals surface area contributed by atoms with Gasteiger partial charge in [-0.15, -0.1) is 0 Å². The molecule has 1 aliphatic heterocycles. The normalized spacial score (nSPS) is 24.9. The van der Waals surface area contributed by atoms with Gasteiger partial charge in [-0.3, -0.25) is 0 Å². The Bertz CT molecular complexity index is 454. The van der Waals surface area contributed by atoms with Crippen LogP contribution in [0.1, 0.15) is 24.2 Å². The van der Waals surface area contributed by atoms with E-state index >= 15 is 0 Å². The summed E-state index contributed by atoms with van der Waals surface area (Å²) < 4.78 is 16.0. The maximum Gasteiger partial charge on any atom is 0.338 e. The summed E-state index contributed by atoms with van der Waals surface area (Å²) in [5.41, 5.74) is 0.461. The molecule has 2 atom stereocenters. The first kappa shape index (κ1) is 13.7. The van der Waals surface area contributed by atoms with E-state index in [4.69, 9.17) is 14.2 Å². The smallest absolute Gasteiger partial charge is 0.338 e. The zero-order valence-corrected chi connectivity index (χ0v) is 10.9. The van der Waals surface area contributed by atoms with E-state index in [2.05, 4.69) is 0 Å². The number of aldehydes is 1. The van der Waals surface area contributed by atoms with Crippen LogP contribution in [0, 0.1) is 0 Å². The van der Waals surface area contributed by atoms with Crippen molar-refractivity contribution in [3.63, 3.8) is 0 Å². The summed E-state index contributed by atoms with van der Waals surface area (Å²) in [5, 5.41) is 0. The molecule has 102 valence electrons. The first-order valence-electron chi connectivity index (χ1n) is 6.05. The minimum Gasteiger partial charge on any atom is -0.459 e. The number of carbonyl (C=O) groups is 2. The van der Waals surface area contributed by atoms with Crippen molar-refractivity contribution >= 4 is 12.3 Å². The van der Waals surface area contributed by atoms with Gasteiger partial charge in [0.05, 0.1) is 5.56 Å². The summed E-state index contributed by atoms with van der Waals surface area (Å²) in [5.74, 6) is -1.28. The van der Waals surface area contributed by atoms with Crippen molar-refractivity contribution in [2.45, 2.75) is 31.8 Å². The second kappa shape index (κ2) is 5.50.